The fourth-order valence-corrected chi connectivity index (χ4v) is 2.94. The van der Waals surface area contributed by atoms with Crippen LogP contribution < -0.4 is 15.8 Å². The first-order valence-corrected chi connectivity index (χ1v) is 8.41. The summed E-state index contributed by atoms with van der Waals surface area (Å²) in [4.78, 5) is 6.83. The minimum absolute atomic E-state index is 0.245. The van der Waals surface area contributed by atoms with Gasteiger partial charge in [-0.25, -0.2) is 0 Å². The number of rotatable bonds is 6. The largest absolute Gasteiger partial charge is 0.573 e. The van der Waals surface area contributed by atoms with Crippen molar-refractivity contribution in [3.63, 3.8) is 0 Å². The minimum atomic E-state index is -4.70. The molecule has 1 aromatic carbocycles. The summed E-state index contributed by atoms with van der Waals surface area (Å²) < 4.78 is 40.3. The van der Waals surface area contributed by atoms with Crippen molar-refractivity contribution >= 4 is 11.6 Å². The quantitative estimate of drug-likeness (QED) is 0.604. The normalized spacial score (nSPS) is 17.8. The molecule has 140 valence electrons. The van der Waals surface area contributed by atoms with Crippen LogP contribution in [-0.4, -0.2) is 42.9 Å². The molecule has 1 atom stereocenters. The first kappa shape index (κ1) is 19.4. The molecule has 1 aliphatic heterocycles. The molecule has 1 unspecified atom stereocenters. The standard InChI is InChI=1S/C17H25F3N4O/c1-12(2)15(24-9-3-4-10-24)11-22-16(21)23-13-5-7-14(8-6-13)25-17(18,19)20/h5-8,12,15H,3-4,9-11H2,1-2H3,(H3,21,22,23). The summed E-state index contributed by atoms with van der Waals surface area (Å²) in [6, 6.07) is 5.72. The Morgan fingerprint density at radius 1 is 1.24 bits per heavy atom. The molecule has 1 saturated heterocycles. The Labute approximate surface area is 146 Å². The van der Waals surface area contributed by atoms with E-state index in [1.54, 1.807) is 0 Å². The van der Waals surface area contributed by atoms with Gasteiger partial charge in [0.15, 0.2) is 5.96 Å². The van der Waals surface area contributed by atoms with Crippen molar-refractivity contribution in [2.75, 3.05) is 25.0 Å². The Morgan fingerprint density at radius 2 is 1.84 bits per heavy atom. The molecule has 3 N–H and O–H groups in total. The number of nitrogens with one attached hydrogen (secondary N) is 1. The maximum atomic E-state index is 12.1. The van der Waals surface area contributed by atoms with Crippen molar-refractivity contribution in [3.05, 3.63) is 24.3 Å². The van der Waals surface area contributed by atoms with Gasteiger partial charge < -0.3 is 15.8 Å². The third kappa shape index (κ3) is 6.45. The lowest BCUT2D eigenvalue weighted by atomic mass is 10.0. The van der Waals surface area contributed by atoms with Gasteiger partial charge in [-0.05, 0) is 56.1 Å². The highest BCUT2D eigenvalue weighted by molar-refractivity contribution is 5.92. The molecule has 5 nitrogen and oxygen atoms in total. The maximum Gasteiger partial charge on any atom is 0.573 e. The zero-order chi connectivity index (χ0) is 18.4. The van der Waals surface area contributed by atoms with E-state index in [2.05, 4.69) is 33.8 Å². The second kappa shape index (κ2) is 8.42. The van der Waals surface area contributed by atoms with Crippen molar-refractivity contribution in [2.45, 2.75) is 39.1 Å². The van der Waals surface area contributed by atoms with E-state index >= 15 is 0 Å². The molecule has 1 fully saturated rings. The van der Waals surface area contributed by atoms with Crippen molar-refractivity contribution in [1.82, 2.24) is 4.90 Å². The van der Waals surface area contributed by atoms with Crippen molar-refractivity contribution in [1.29, 1.82) is 0 Å². The van der Waals surface area contributed by atoms with Gasteiger partial charge in [0.2, 0.25) is 0 Å². The van der Waals surface area contributed by atoms with E-state index in [1.807, 2.05) is 0 Å². The van der Waals surface area contributed by atoms with Crippen LogP contribution in [0, 0.1) is 5.92 Å². The van der Waals surface area contributed by atoms with Crippen LogP contribution in [0.1, 0.15) is 26.7 Å². The SMILES string of the molecule is CC(C)C(CN=C(N)Nc1ccc(OC(F)(F)F)cc1)N1CCCC1. The van der Waals surface area contributed by atoms with Gasteiger partial charge in [-0.15, -0.1) is 13.2 Å². The highest BCUT2D eigenvalue weighted by atomic mass is 19.4. The topological polar surface area (TPSA) is 62.9 Å². The fraction of sp³-hybridized carbons (Fsp3) is 0.588. The zero-order valence-electron chi connectivity index (χ0n) is 14.5. The molecule has 0 saturated carbocycles. The third-order valence-electron chi connectivity index (χ3n) is 4.19. The van der Waals surface area contributed by atoms with Crippen LogP contribution in [0.5, 0.6) is 5.75 Å². The number of alkyl halides is 3. The smallest absolute Gasteiger partial charge is 0.406 e. The van der Waals surface area contributed by atoms with Gasteiger partial charge in [-0.3, -0.25) is 9.89 Å². The van der Waals surface area contributed by atoms with Gasteiger partial charge in [0.05, 0.1) is 6.54 Å². The predicted molar refractivity (Wildman–Crippen MR) is 92.7 cm³/mol. The summed E-state index contributed by atoms with van der Waals surface area (Å²) >= 11 is 0. The molecule has 0 aromatic heterocycles. The number of guanidine groups is 1. The minimum Gasteiger partial charge on any atom is -0.406 e. The van der Waals surface area contributed by atoms with E-state index in [0.29, 0.717) is 24.2 Å². The van der Waals surface area contributed by atoms with Gasteiger partial charge in [-0.1, -0.05) is 13.8 Å². The van der Waals surface area contributed by atoms with Gasteiger partial charge in [-0.2, -0.15) is 0 Å². The first-order valence-electron chi connectivity index (χ1n) is 8.41. The van der Waals surface area contributed by atoms with Crippen LogP contribution in [-0.2, 0) is 0 Å². The molecule has 0 radical (unpaired) electrons. The predicted octanol–water partition coefficient (Wildman–Crippen LogP) is 3.43. The molecule has 0 amide bonds. The number of anilines is 1. The van der Waals surface area contributed by atoms with Crippen molar-refractivity contribution < 1.29 is 17.9 Å². The Kier molecular flexibility index (Phi) is 6.52. The van der Waals surface area contributed by atoms with Gasteiger partial charge >= 0.3 is 6.36 Å². The van der Waals surface area contributed by atoms with Crippen LogP contribution >= 0.6 is 0 Å². The second-order valence-corrected chi connectivity index (χ2v) is 6.48. The number of hydrogen-bond acceptors (Lipinski definition) is 3. The van der Waals surface area contributed by atoms with E-state index in [1.165, 1.54) is 37.1 Å². The maximum absolute atomic E-state index is 12.1. The van der Waals surface area contributed by atoms with Gasteiger partial charge in [0.1, 0.15) is 5.75 Å². The Balaban J connectivity index is 1.91. The van der Waals surface area contributed by atoms with Gasteiger partial charge in [0.25, 0.3) is 0 Å². The summed E-state index contributed by atoms with van der Waals surface area (Å²) in [5, 5.41) is 2.89. The average Bonchev–Trinajstić information content (AvgIpc) is 3.02. The van der Waals surface area contributed by atoms with E-state index in [4.69, 9.17) is 5.73 Å². The lowest BCUT2D eigenvalue weighted by Gasteiger charge is -2.29. The van der Waals surface area contributed by atoms with Gasteiger partial charge in [0, 0.05) is 11.7 Å². The highest BCUT2D eigenvalue weighted by Gasteiger charge is 2.31. The molecule has 1 aromatic rings. The summed E-state index contributed by atoms with van der Waals surface area (Å²) in [6.45, 7) is 7.10. The summed E-state index contributed by atoms with van der Waals surface area (Å²) in [7, 11) is 0. The molecule has 0 bridgehead atoms. The van der Waals surface area contributed by atoms with E-state index < -0.39 is 6.36 Å². The Morgan fingerprint density at radius 3 is 2.36 bits per heavy atom. The monoisotopic (exact) mass is 358 g/mol. The third-order valence-corrected chi connectivity index (χ3v) is 4.19. The second-order valence-electron chi connectivity index (χ2n) is 6.48. The number of aliphatic imine (C=N–C) groups is 1. The zero-order valence-corrected chi connectivity index (χ0v) is 14.5. The van der Waals surface area contributed by atoms with Crippen molar-refractivity contribution in [2.24, 2.45) is 16.6 Å². The number of nitrogens with zero attached hydrogens (tertiary/aromatic N) is 2. The van der Waals surface area contributed by atoms with Crippen LogP contribution in [0.25, 0.3) is 0 Å². The van der Waals surface area contributed by atoms with Crippen LogP contribution in [0.4, 0.5) is 18.9 Å². The molecular formula is C17H25F3N4O. The van der Waals surface area contributed by atoms with Crippen LogP contribution in [0.3, 0.4) is 0 Å². The molecule has 1 heterocycles. The number of halogens is 3. The van der Waals surface area contributed by atoms with Crippen LogP contribution in [0.15, 0.2) is 29.3 Å². The van der Waals surface area contributed by atoms with E-state index in [9.17, 15) is 13.2 Å². The first-order chi connectivity index (χ1) is 11.7. The summed E-state index contributed by atoms with van der Waals surface area (Å²) in [5.41, 5.74) is 6.46. The van der Waals surface area contributed by atoms with Crippen molar-refractivity contribution in [3.8, 4) is 5.75 Å². The Bertz CT molecular complexity index is 566. The number of hydrogen-bond donors (Lipinski definition) is 2. The molecule has 1 aliphatic rings. The molecular weight excluding hydrogens is 333 g/mol. The number of benzene rings is 1. The molecule has 8 heteroatoms. The van der Waals surface area contributed by atoms with Crippen LogP contribution in [0.2, 0.25) is 0 Å². The Hall–Kier alpha value is -1.96. The fourth-order valence-electron chi connectivity index (χ4n) is 2.94. The summed E-state index contributed by atoms with van der Waals surface area (Å²) in [6.07, 6.45) is -2.27. The lowest BCUT2D eigenvalue weighted by molar-refractivity contribution is -0.274. The van der Waals surface area contributed by atoms with E-state index in [-0.39, 0.29) is 11.7 Å². The number of nitrogens with two attached hydrogens (primary N) is 1. The molecule has 2 rings (SSSR count). The van der Waals surface area contributed by atoms with E-state index in [0.717, 1.165) is 13.1 Å². The molecule has 0 aliphatic carbocycles. The number of likely N-dealkylation sites (tertiary alicyclic amines) is 1. The highest BCUT2D eigenvalue weighted by Crippen LogP contribution is 2.24. The molecule has 25 heavy (non-hydrogen) atoms. The molecule has 0 spiro atoms. The lowest BCUT2D eigenvalue weighted by Crippen LogP contribution is -2.40. The average molecular weight is 358 g/mol. The summed E-state index contributed by atoms with van der Waals surface area (Å²) in [5.74, 6) is 0.435. The number of ether oxygens (including phenoxy) is 1.